The van der Waals surface area contributed by atoms with Crippen LogP contribution in [0.1, 0.15) is 10.4 Å². The number of pyridine rings is 1. The molecule has 0 amide bonds. The molecule has 0 unspecified atom stereocenters. The van der Waals surface area contributed by atoms with E-state index in [1.54, 1.807) is 18.2 Å². The van der Waals surface area contributed by atoms with Crippen molar-refractivity contribution < 1.29 is 18.3 Å². The van der Waals surface area contributed by atoms with Gasteiger partial charge in [-0.2, -0.15) is 0 Å². The van der Waals surface area contributed by atoms with Gasteiger partial charge in [-0.15, -0.1) is 0 Å². The number of aromatic nitrogens is 1. The van der Waals surface area contributed by atoms with Gasteiger partial charge in [-0.25, -0.2) is 13.4 Å². The Morgan fingerprint density at radius 3 is 2.38 bits per heavy atom. The van der Waals surface area contributed by atoms with Crippen LogP contribution >= 0.6 is 11.6 Å². The summed E-state index contributed by atoms with van der Waals surface area (Å²) in [4.78, 5) is 14.7. The van der Waals surface area contributed by atoms with E-state index in [0.717, 1.165) is 7.11 Å². The molecule has 2 aromatic carbocycles. The fourth-order valence-electron chi connectivity index (χ4n) is 2.23. The van der Waals surface area contributed by atoms with Gasteiger partial charge < -0.3 is 10.8 Å². The maximum atomic E-state index is 12.7. The molecule has 9 heteroatoms. The SMILES string of the molecule is CO.Nc1ccc2cc(Cl)cc(S(=O)(=O)Nc3ccc(C=O)cc3)c2n1. The molecule has 0 saturated carbocycles. The van der Waals surface area contributed by atoms with Gasteiger partial charge in [0.25, 0.3) is 10.0 Å². The third-order valence-electron chi connectivity index (χ3n) is 3.33. The highest BCUT2D eigenvalue weighted by Crippen LogP contribution is 2.28. The molecule has 1 aromatic heterocycles. The second-order valence-corrected chi connectivity index (χ2v) is 7.14. The number of rotatable bonds is 4. The molecular formula is C17H16ClN3O4S. The molecule has 0 aliphatic rings. The number of sulfonamides is 1. The zero-order valence-corrected chi connectivity index (χ0v) is 15.3. The van der Waals surface area contributed by atoms with E-state index in [1.807, 2.05) is 0 Å². The number of nitrogens with one attached hydrogen (secondary N) is 1. The van der Waals surface area contributed by atoms with Crippen LogP contribution in [-0.2, 0) is 10.0 Å². The van der Waals surface area contributed by atoms with Gasteiger partial charge >= 0.3 is 0 Å². The molecule has 3 rings (SSSR count). The van der Waals surface area contributed by atoms with E-state index in [4.69, 9.17) is 22.4 Å². The van der Waals surface area contributed by atoms with Crippen molar-refractivity contribution in [1.29, 1.82) is 0 Å². The van der Waals surface area contributed by atoms with Gasteiger partial charge in [0, 0.05) is 28.8 Å². The van der Waals surface area contributed by atoms with Crippen molar-refractivity contribution >= 4 is 50.3 Å². The highest BCUT2D eigenvalue weighted by Gasteiger charge is 2.20. The highest BCUT2D eigenvalue weighted by atomic mass is 35.5. The highest BCUT2D eigenvalue weighted by molar-refractivity contribution is 7.93. The topological polar surface area (TPSA) is 122 Å². The van der Waals surface area contributed by atoms with Gasteiger partial charge in [0.05, 0.1) is 5.52 Å². The van der Waals surface area contributed by atoms with Gasteiger partial charge in [0.2, 0.25) is 0 Å². The van der Waals surface area contributed by atoms with Gasteiger partial charge in [0.15, 0.2) is 0 Å². The van der Waals surface area contributed by atoms with Crippen LogP contribution in [0.15, 0.2) is 53.4 Å². The number of nitrogens with two attached hydrogens (primary N) is 1. The first kappa shape index (κ1) is 19.6. The van der Waals surface area contributed by atoms with E-state index in [1.165, 1.54) is 30.3 Å². The van der Waals surface area contributed by atoms with Gasteiger partial charge in [-0.05, 0) is 48.5 Å². The smallest absolute Gasteiger partial charge is 0.264 e. The van der Waals surface area contributed by atoms with E-state index in [-0.39, 0.29) is 21.3 Å². The Morgan fingerprint density at radius 1 is 1.12 bits per heavy atom. The first-order valence-electron chi connectivity index (χ1n) is 7.27. The Balaban J connectivity index is 0.00000117. The van der Waals surface area contributed by atoms with Crippen molar-refractivity contribution in [3.05, 3.63) is 59.1 Å². The average Bonchev–Trinajstić information content (AvgIpc) is 2.63. The lowest BCUT2D eigenvalue weighted by molar-refractivity contribution is 0.112. The lowest BCUT2D eigenvalue weighted by atomic mass is 10.2. The summed E-state index contributed by atoms with van der Waals surface area (Å²) in [7, 11) is -2.94. The Bertz CT molecular complexity index is 1040. The molecule has 4 N–H and O–H groups in total. The Labute approximate surface area is 155 Å². The summed E-state index contributed by atoms with van der Waals surface area (Å²) in [6.07, 6.45) is 0.676. The predicted octanol–water partition coefficient (Wildman–Crippen LogP) is 2.69. The van der Waals surface area contributed by atoms with Crippen molar-refractivity contribution in [3.63, 3.8) is 0 Å². The van der Waals surface area contributed by atoms with Crippen molar-refractivity contribution in [3.8, 4) is 0 Å². The lowest BCUT2D eigenvalue weighted by Gasteiger charge is -2.11. The third-order valence-corrected chi connectivity index (χ3v) is 4.95. The zero-order valence-electron chi connectivity index (χ0n) is 13.7. The number of carbonyl (C=O) groups excluding carboxylic acids is 1. The number of nitrogens with zero attached hydrogens (tertiary/aromatic N) is 1. The normalized spacial score (nSPS) is 10.7. The second kappa shape index (κ2) is 8.13. The standard InChI is InChI=1S/C16H12ClN3O3S.CH4O/c17-12-7-11-3-6-15(18)19-16(11)14(8-12)24(22,23)20-13-4-1-10(9-21)2-5-13;1-2/h1-9,20H,(H2,18,19);2H,1H3. The average molecular weight is 394 g/mol. The van der Waals surface area contributed by atoms with Gasteiger partial charge in [-0.1, -0.05) is 11.6 Å². The number of hydrogen-bond donors (Lipinski definition) is 3. The summed E-state index contributed by atoms with van der Waals surface area (Å²) >= 11 is 6.02. The van der Waals surface area contributed by atoms with E-state index >= 15 is 0 Å². The number of anilines is 2. The molecule has 0 bridgehead atoms. The maximum absolute atomic E-state index is 12.7. The molecule has 0 aliphatic carbocycles. The number of halogens is 1. The summed E-state index contributed by atoms with van der Waals surface area (Å²) in [6.45, 7) is 0. The molecule has 0 aliphatic heterocycles. The number of nitrogen functional groups attached to an aromatic ring is 1. The molecule has 0 radical (unpaired) electrons. The first-order valence-corrected chi connectivity index (χ1v) is 9.14. The quantitative estimate of drug-likeness (QED) is 0.585. The fourth-order valence-corrected chi connectivity index (χ4v) is 3.78. The fraction of sp³-hybridized carbons (Fsp3) is 0.0588. The summed E-state index contributed by atoms with van der Waals surface area (Å²) < 4.78 is 27.9. The number of aldehydes is 1. The number of hydrogen-bond acceptors (Lipinski definition) is 6. The molecule has 1 heterocycles. The minimum atomic E-state index is -3.94. The molecule has 3 aromatic rings. The first-order chi connectivity index (χ1) is 12.4. The van der Waals surface area contributed by atoms with Crippen LogP contribution in [0, 0.1) is 0 Å². The number of benzene rings is 2. The Kier molecular flexibility index (Phi) is 6.14. The minimum Gasteiger partial charge on any atom is -0.400 e. The molecule has 0 fully saturated rings. The van der Waals surface area contributed by atoms with Crippen LogP contribution < -0.4 is 10.5 Å². The van der Waals surface area contributed by atoms with E-state index < -0.39 is 10.0 Å². The summed E-state index contributed by atoms with van der Waals surface area (Å²) in [5.74, 6) is 0.205. The van der Waals surface area contributed by atoms with Crippen LogP contribution in [0.5, 0.6) is 0 Å². The molecule has 0 atom stereocenters. The zero-order chi connectivity index (χ0) is 19.3. The van der Waals surface area contributed by atoms with Crippen LogP contribution in [0.25, 0.3) is 10.9 Å². The summed E-state index contributed by atoms with van der Waals surface area (Å²) in [6, 6.07) is 12.2. The largest absolute Gasteiger partial charge is 0.400 e. The maximum Gasteiger partial charge on any atom is 0.264 e. The van der Waals surface area contributed by atoms with Crippen molar-refractivity contribution in [2.45, 2.75) is 4.90 Å². The molecule has 26 heavy (non-hydrogen) atoms. The molecule has 7 nitrogen and oxygen atoms in total. The number of fused-ring (bicyclic) bond motifs is 1. The second-order valence-electron chi connectivity index (χ2n) is 5.06. The van der Waals surface area contributed by atoms with Crippen LogP contribution in [-0.4, -0.2) is 31.9 Å². The molecule has 136 valence electrons. The van der Waals surface area contributed by atoms with Crippen LogP contribution in [0.3, 0.4) is 0 Å². The Hall–Kier alpha value is -2.68. The number of aliphatic hydroxyl groups is 1. The summed E-state index contributed by atoms with van der Waals surface area (Å²) in [5, 5.41) is 7.83. The van der Waals surface area contributed by atoms with Gasteiger partial charge in [0.1, 0.15) is 17.0 Å². The summed E-state index contributed by atoms with van der Waals surface area (Å²) in [5.41, 5.74) is 6.66. The van der Waals surface area contributed by atoms with Crippen LogP contribution in [0.2, 0.25) is 5.02 Å². The van der Waals surface area contributed by atoms with Crippen molar-refractivity contribution in [1.82, 2.24) is 4.98 Å². The monoisotopic (exact) mass is 393 g/mol. The molecular weight excluding hydrogens is 378 g/mol. The number of aliphatic hydroxyl groups excluding tert-OH is 1. The lowest BCUT2D eigenvalue weighted by Crippen LogP contribution is -2.14. The Morgan fingerprint density at radius 2 is 1.77 bits per heavy atom. The van der Waals surface area contributed by atoms with Gasteiger partial charge in [-0.3, -0.25) is 9.52 Å². The van der Waals surface area contributed by atoms with E-state index in [2.05, 4.69) is 9.71 Å². The number of carbonyl (C=O) groups is 1. The van der Waals surface area contributed by atoms with Crippen molar-refractivity contribution in [2.24, 2.45) is 0 Å². The van der Waals surface area contributed by atoms with Crippen LogP contribution in [0.4, 0.5) is 11.5 Å². The minimum absolute atomic E-state index is 0.0724. The molecule has 0 saturated heterocycles. The van der Waals surface area contributed by atoms with Crippen molar-refractivity contribution in [2.75, 3.05) is 17.6 Å². The third kappa shape index (κ3) is 4.29. The predicted molar refractivity (Wildman–Crippen MR) is 102 cm³/mol. The molecule has 0 spiro atoms. The van der Waals surface area contributed by atoms with E-state index in [0.29, 0.717) is 22.9 Å². The van der Waals surface area contributed by atoms with E-state index in [9.17, 15) is 13.2 Å².